The van der Waals surface area contributed by atoms with Gasteiger partial charge in [-0.25, -0.2) is 23.1 Å². The van der Waals surface area contributed by atoms with Crippen LogP contribution in [0.4, 0.5) is 14.6 Å². The van der Waals surface area contributed by atoms with Crippen LogP contribution >= 0.6 is 0 Å². The largest absolute Gasteiger partial charge is 0.507 e. The van der Waals surface area contributed by atoms with Crippen molar-refractivity contribution < 1.29 is 18.7 Å². The normalized spacial score (nSPS) is 14.1. The zero-order valence-corrected chi connectivity index (χ0v) is 23.1. The minimum atomic E-state index is -0.881. The predicted octanol–water partition coefficient (Wildman–Crippen LogP) is 4.14. The molecule has 41 heavy (non-hydrogen) atoms. The van der Waals surface area contributed by atoms with E-state index in [1.165, 1.54) is 28.8 Å². The fourth-order valence-electron chi connectivity index (χ4n) is 5.16. The third kappa shape index (κ3) is 5.20. The van der Waals surface area contributed by atoms with Gasteiger partial charge in [-0.05, 0) is 48.7 Å². The maximum Gasteiger partial charge on any atom is 0.355 e. The highest BCUT2D eigenvalue weighted by molar-refractivity contribution is 5.91. The van der Waals surface area contributed by atoms with Crippen LogP contribution in [0.1, 0.15) is 31.0 Å². The highest BCUT2D eigenvalue weighted by Gasteiger charge is 2.27. The Morgan fingerprint density at radius 3 is 2.51 bits per heavy atom. The van der Waals surface area contributed by atoms with Gasteiger partial charge in [0, 0.05) is 32.4 Å². The van der Waals surface area contributed by atoms with Crippen molar-refractivity contribution in [2.24, 2.45) is 0 Å². The molecule has 0 saturated carbocycles. The quantitative estimate of drug-likeness (QED) is 0.337. The zero-order chi connectivity index (χ0) is 29.4. The van der Waals surface area contributed by atoms with Crippen molar-refractivity contribution in [3.63, 3.8) is 0 Å². The number of aromatic hydroxyl groups is 1. The molecule has 0 unspecified atom stereocenters. The molecule has 3 aromatic heterocycles. The number of aromatic nitrogens is 4. The third-order valence-electron chi connectivity index (χ3n) is 7.23. The van der Waals surface area contributed by atoms with E-state index in [1.807, 2.05) is 30.6 Å². The monoisotopic (exact) mass is 560 g/mol. The maximum atomic E-state index is 15.7. The number of rotatable bonds is 7. The lowest BCUT2D eigenvalue weighted by atomic mass is 10.0. The van der Waals surface area contributed by atoms with Crippen LogP contribution < -0.4 is 10.6 Å². The van der Waals surface area contributed by atoms with Crippen LogP contribution in [-0.2, 0) is 4.79 Å². The van der Waals surface area contributed by atoms with Gasteiger partial charge in [-0.2, -0.15) is 4.98 Å². The number of halogens is 2. The van der Waals surface area contributed by atoms with Gasteiger partial charge in [-0.1, -0.05) is 26.5 Å². The lowest BCUT2D eigenvalue weighted by Gasteiger charge is -2.35. The molecule has 1 saturated heterocycles. The average molecular weight is 561 g/mol. The molecule has 1 fully saturated rings. The first-order chi connectivity index (χ1) is 19.6. The van der Waals surface area contributed by atoms with E-state index in [4.69, 9.17) is 0 Å². The van der Waals surface area contributed by atoms with E-state index in [-0.39, 0.29) is 35.1 Å². The highest BCUT2D eigenvalue weighted by Crippen LogP contribution is 2.36. The fraction of sp³-hybridized carbons (Fsp3) is 0.300. The summed E-state index contributed by atoms with van der Waals surface area (Å²) in [6, 6.07) is 6.58. The number of piperazine rings is 1. The Morgan fingerprint density at radius 2 is 1.85 bits per heavy atom. The van der Waals surface area contributed by atoms with Gasteiger partial charge in [-0.15, -0.1) is 0 Å². The molecule has 0 atom stereocenters. The number of phenolic OH excluding ortho intramolecular Hbond substituents is 1. The fourth-order valence-corrected chi connectivity index (χ4v) is 5.16. The van der Waals surface area contributed by atoms with E-state index in [0.29, 0.717) is 37.6 Å². The summed E-state index contributed by atoms with van der Waals surface area (Å²) >= 11 is 0. The SMILES string of the molecule is C=CC(=O)CN1CCN(c2nc(=O)n(-c3c(C)ccnc3C(C)C)c3nc(-c4c(O)cccc4F)c(F)cc23)CC1. The molecule has 5 rings (SSSR count). The topological polar surface area (TPSA) is 104 Å². The van der Waals surface area contributed by atoms with Crippen molar-refractivity contribution in [3.05, 3.63) is 82.6 Å². The number of hydrogen-bond donors (Lipinski definition) is 1. The summed E-state index contributed by atoms with van der Waals surface area (Å²) in [6.07, 6.45) is 2.93. The smallest absolute Gasteiger partial charge is 0.355 e. The van der Waals surface area contributed by atoms with Crippen molar-refractivity contribution in [2.45, 2.75) is 26.7 Å². The molecular weight excluding hydrogens is 530 g/mol. The number of phenols is 1. The van der Waals surface area contributed by atoms with Crippen LogP contribution in [0.2, 0.25) is 0 Å². The lowest BCUT2D eigenvalue weighted by molar-refractivity contribution is -0.115. The van der Waals surface area contributed by atoms with Gasteiger partial charge in [0.15, 0.2) is 17.2 Å². The van der Waals surface area contributed by atoms with E-state index in [2.05, 4.69) is 21.5 Å². The van der Waals surface area contributed by atoms with Gasteiger partial charge < -0.3 is 10.0 Å². The minimum absolute atomic E-state index is 0.0568. The van der Waals surface area contributed by atoms with Crippen LogP contribution in [0.25, 0.3) is 28.0 Å². The second-order valence-electron chi connectivity index (χ2n) is 10.3. The molecule has 1 aliphatic rings. The second-order valence-corrected chi connectivity index (χ2v) is 10.3. The number of carbonyl (C=O) groups is 1. The van der Waals surface area contributed by atoms with Gasteiger partial charge in [0.05, 0.1) is 28.9 Å². The Bertz CT molecular complexity index is 1710. The van der Waals surface area contributed by atoms with E-state index >= 15 is 4.39 Å². The zero-order valence-electron chi connectivity index (χ0n) is 23.1. The second kappa shape index (κ2) is 11.2. The van der Waals surface area contributed by atoms with E-state index in [9.17, 15) is 19.1 Å². The van der Waals surface area contributed by atoms with Crippen molar-refractivity contribution in [1.82, 2.24) is 24.4 Å². The molecule has 4 aromatic rings. The molecule has 0 bridgehead atoms. The van der Waals surface area contributed by atoms with Gasteiger partial charge in [0.25, 0.3) is 0 Å². The third-order valence-corrected chi connectivity index (χ3v) is 7.23. The van der Waals surface area contributed by atoms with Crippen molar-refractivity contribution >= 4 is 22.6 Å². The maximum absolute atomic E-state index is 15.7. The lowest BCUT2D eigenvalue weighted by Crippen LogP contribution is -2.48. The number of ketones is 1. The minimum Gasteiger partial charge on any atom is -0.507 e. The van der Waals surface area contributed by atoms with Gasteiger partial charge >= 0.3 is 5.69 Å². The van der Waals surface area contributed by atoms with Gasteiger partial charge in [0.1, 0.15) is 23.1 Å². The summed E-state index contributed by atoms with van der Waals surface area (Å²) in [7, 11) is 0. The Morgan fingerprint density at radius 1 is 1.12 bits per heavy atom. The van der Waals surface area contributed by atoms with Crippen LogP contribution in [0.3, 0.4) is 0 Å². The van der Waals surface area contributed by atoms with Crippen LogP contribution in [0.15, 0.2) is 54.0 Å². The first-order valence-electron chi connectivity index (χ1n) is 13.3. The Balaban J connectivity index is 1.76. The van der Waals surface area contributed by atoms with Crippen molar-refractivity contribution in [3.8, 4) is 22.7 Å². The predicted molar refractivity (Wildman–Crippen MR) is 153 cm³/mol. The molecule has 9 nitrogen and oxygen atoms in total. The van der Waals surface area contributed by atoms with Crippen LogP contribution in [0.5, 0.6) is 5.75 Å². The number of nitrogens with zero attached hydrogens (tertiary/aromatic N) is 6. The van der Waals surface area contributed by atoms with E-state index in [0.717, 1.165) is 11.6 Å². The number of benzene rings is 1. The molecule has 11 heteroatoms. The first kappa shape index (κ1) is 28.0. The number of anilines is 1. The molecule has 4 heterocycles. The summed E-state index contributed by atoms with van der Waals surface area (Å²) in [5, 5.41) is 10.7. The Kier molecular flexibility index (Phi) is 7.63. The van der Waals surface area contributed by atoms with E-state index < -0.39 is 34.3 Å². The van der Waals surface area contributed by atoms with Crippen LogP contribution in [-0.4, -0.2) is 68.0 Å². The molecule has 0 amide bonds. The molecular formula is C30H30F2N6O3. The Hall–Kier alpha value is -4.51. The summed E-state index contributed by atoms with van der Waals surface area (Å²) in [4.78, 5) is 42.9. The first-order valence-corrected chi connectivity index (χ1v) is 13.3. The number of pyridine rings is 2. The van der Waals surface area contributed by atoms with Gasteiger partial charge in [0.2, 0.25) is 0 Å². The molecule has 0 radical (unpaired) electrons. The van der Waals surface area contributed by atoms with E-state index in [1.54, 1.807) is 12.3 Å². The summed E-state index contributed by atoms with van der Waals surface area (Å²) in [5.41, 5.74) is 0.370. The number of aryl methyl sites for hydroxylation is 1. The molecule has 1 N–H and O–H groups in total. The van der Waals surface area contributed by atoms with Crippen LogP contribution in [0, 0.1) is 18.6 Å². The number of carbonyl (C=O) groups excluding carboxylic acids is 1. The highest BCUT2D eigenvalue weighted by atomic mass is 19.1. The van der Waals surface area contributed by atoms with Gasteiger partial charge in [-0.3, -0.25) is 14.7 Å². The number of fused-ring (bicyclic) bond motifs is 1. The number of hydrogen-bond acceptors (Lipinski definition) is 8. The Labute approximate surface area is 235 Å². The van der Waals surface area contributed by atoms with Crippen molar-refractivity contribution in [1.29, 1.82) is 0 Å². The molecule has 0 aliphatic carbocycles. The summed E-state index contributed by atoms with van der Waals surface area (Å²) in [6.45, 7) is 11.3. The summed E-state index contributed by atoms with van der Waals surface area (Å²) in [5.74, 6) is -2.15. The average Bonchev–Trinajstić information content (AvgIpc) is 2.94. The molecule has 1 aromatic carbocycles. The summed E-state index contributed by atoms with van der Waals surface area (Å²) < 4.78 is 31.9. The van der Waals surface area contributed by atoms with Crippen molar-refractivity contribution in [2.75, 3.05) is 37.6 Å². The molecule has 212 valence electrons. The molecule has 1 aliphatic heterocycles. The standard InChI is InChI=1S/C30H30F2N6O3/c1-5-19(39)16-36-11-13-37(14-12-36)28-20-15-22(32)26(24-21(31)7-6-8-23(24)40)34-29(20)38(30(41)35-28)27-18(4)9-10-33-25(27)17(2)3/h5-10,15,17,40H,1,11-14,16H2,2-4H3. The molecule has 0 spiro atoms.